The minimum absolute atomic E-state index is 0.0470. The van der Waals surface area contributed by atoms with Crippen LogP contribution < -0.4 is 10.6 Å². The summed E-state index contributed by atoms with van der Waals surface area (Å²) in [7, 11) is 2.01. The number of aromatic nitrogens is 5. The van der Waals surface area contributed by atoms with E-state index in [2.05, 4.69) is 42.0 Å². The largest absolute Gasteiger partial charge is 0.370 e. The van der Waals surface area contributed by atoms with Gasteiger partial charge in [0.15, 0.2) is 0 Å². The number of anilines is 1. The van der Waals surface area contributed by atoms with Crippen molar-refractivity contribution >= 4 is 34.6 Å². The highest BCUT2D eigenvalue weighted by molar-refractivity contribution is 5.88. The van der Waals surface area contributed by atoms with Crippen LogP contribution in [0.5, 0.6) is 0 Å². The monoisotopic (exact) mass is 724 g/mol. The summed E-state index contributed by atoms with van der Waals surface area (Å²) in [5, 5.41) is 33.6. The Kier molecular flexibility index (Phi) is 9.90. The van der Waals surface area contributed by atoms with Crippen LogP contribution >= 0.6 is 0 Å². The molecule has 3 fully saturated rings. The second-order valence-electron chi connectivity index (χ2n) is 15.3. The first-order chi connectivity index (χ1) is 25.7. The van der Waals surface area contributed by atoms with Crippen molar-refractivity contribution in [3.05, 3.63) is 76.8 Å². The summed E-state index contributed by atoms with van der Waals surface area (Å²) in [5.74, 6) is 1.16. The van der Waals surface area contributed by atoms with Crippen LogP contribution in [-0.4, -0.2) is 114 Å². The van der Waals surface area contributed by atoms with Crippen molar-refractivity contribution in [2.75, 3.05) is 44.6 Å². The van der Waals surface area contributed by atoms with Gasteiger partial charge in [-0.1, -0.05) is 6.07 Å². The predicted octanol–water partition coefficient (Wildman–Crippen LogP) is 4.17. The summed E-state index contributed by atoms with van der Waals surface area (Å²) in [4.78, 5) is 34.5. The number of aliphatic hydroxyl groups excluding tert-OH is 1. The van der Waals surface area contributed by atoms with Crippen molar-refractivity contribution in [3.8, 4) is 0 Å². The molecule has 4 aliphatic rings. The second-order valence-corrected chi connectivity index (χ2v) is 15.3. The zero-order valence-electron chi connectivity index (χ0n) is 30.5. The molecule has 2 unspecified atom stereocenters. The number of benzene rings is 2. The number of aliphatic hydroxyl groups is 1. The molecule has 13 nitrogen and oxygen atoms in total. The molecule has 14 heteroatoms. The number of carbonyl (C=O) groups is 2. The number of hydrogen-bond donors (Lipinski definition) is 4. The van der Waals surface area contributed by atoms with Gasteiger partial charge in [-0.25, -0.2) is 9.18 Å². The number of piperidine rings is 3. The van der Waals surface area contributed by atoms with E-state index >= 15 is 0 Å². The highest BCUT2D eigenvalue weighted by atomic mass is 19.1. The van der Waals surface area contributed by atoms with Gasteiger partial charge in [0.25, 0.3) is 0 Å². The van der Waals surface area contributed by atoms with E-state index in [1.165, 1.54) is 12.1 Å². The van der Waals surface area contributed by atoms with Crippen LogP contribution in [0, 0.1) is 18.7 Å². The third-order valence-electron chi connectivity index (χ3n) is 12.0. The average Bonchev–Trinajstić information content (AvgIpc) is 3.83. The van der Waals surface area contributed by atoms with Crippen LogP contribution in [0.1, 0.15) is 67.0 Å². The van der Waals surface area contributed by atoms with Crippen molar-refractivity contribution in [1.29, 1.82) is 0 Å². The Morgan fingerprint density at radius 1 is 0.981 bits per heavy atom. The fourth-order valence-corrected chi connectivity index (χ4v) is 8.99. The topological polar surface area (TPSA) is 148 Å². The quantitative estimate of drug-likeness (QED) is 0.222. The van der Waals surface area contributed by atoms with E-state index in [4.69, 9.17) is 0 Å². The van der Waals surface area contributed by atoms with Crippen LogP contribution in [0.25, 0.3) is 17.0 Å². The molecule has 2 atom stereocenters. The summed E-state index contributed by atoms with van der Waals surface area (Å²) >= 11 is 0. The molecule has 0 saturated carbocycles. The molecule has 0 radical (unpaired) electrons. The molecule has 0 spiro atoms. The molecule has 3 saturated heterocycles. The molecule has 0 aliphatic carbocycles. The van der Waals surface area contributed by atoms with Gasteiger partial charge >= 0.3 is 6.03 Å². The maximum atomic E-state index is 14.3. The van der Waals surface area contributed by atoms with Crippen LogP contribution in [0.4, 0.5) is 14.9 Å². The lowest BCUT2D eigenvalue weighted by Gasteiger charge is -2.42. The zero-order valence-corrected chi connectivity index (χ0v) is 30.5. The Morgan fingerprint density at radius 2 is 1.72 bits per heavy atom. The smallest absolute Gasteiger partial charge is 0.318 e. The molecule has 4 aromatic rings. The first-order valence-corrected chi connectivity index (χ1v) is 19.0. The number of H-pyrrole nitrogens is 1. The normalized spacial score (nSPS) is 21.3. The number of halogens is 1. The van der Waals surface area contributed by atoms with Gasteiger partial charge in [-0.3, -0.25) is 9.89 Å². The number of carbonyl (C=O) groups excluding carboxylic acids is 2. The fraction of sp³-hybridized carbons (Fsp3) is 0.513. The summed E-state index contributed by atoms with van der Waals surface area (Å²) in [6.07, 6.45) is 10.2. The van der Waals surface area contributed by atoms with Crippen molar-refractivity contribution < 1.29 is 19.1 Å². The van der Waals surface area contributed by atoms with Gasteiger partial charge in [-0.05, 0) is 117 Å². The van der Waals surface area contributed by atoms with Crippen LogP contribution in [0.2, 0.25) is 0 Å². The Morgan fingerprint density at radius 3 is 2.45 bits per heavy atom. The van der Waals surface area contributed by atoms with Crippen LogP contribution in [-0.2, 0) is 18.3 Å². The maximum Gasteiger partial charge on any atom is 0.318 e. The number of fused-ring (bicyclic) bond motifs is 2. The first-order valence-electron chi connectivity index (χ1n) is 19.0. The van der Waals surface area contributed by atoms with Crippen LogP contribution in [0.3, 0.4) is 0 Å². The van der Waals surface area contributed by atoms with E-state index in [0.29, 0.717) is 63.1 Å². The van der Waals surface area contributed by atoms with E-state index < -0.39 is 12.3 Å². The van der Waals surface area contributed by atoms with Crippen molar-refractivity contribution in [3.63, 3.8) is 0 Å². The van der Waals surface area contributed by atoms with Crippen molar-refractivity contribution in [2.45, 2.75) is 76.1 Å². The van der Waals surface area contributed by atoms with Gasteiger partial charge < -0.3 is 35.0 Å². The number of hydrogen-bond acceptors (Lipinski definition) is 8. The molecule has 4 N–H and O–H groups in total. The number of nitrogens with one attached hydrogen (secondary N) is 3. The van der Waals surface area contributed by atoms with Gasteiger partial charge in [-0.15, -0.1) is 10.2 Å². The van der Waals surface area contributed by atoms with Gasteiger partial charge in [0, 0.05) is 62.7 Å². The number of urea groups is 1. The molecule has 2 aromatic heterocycles. The maximum absolute atomic E-state index is 14.3. The van der Waals surface area contributed by atoms with E-state index in [-0.39, 0.29) is 23.7 Å². The van der Waals surface area contributed by atoms with Gasteiger partial charge in [0.05, 0.1) is 11.7 Å². The van der Waals surface area contributed by atoms with Gasteiger partial charge in [0.2, 0.25) is 5.91 Å². The molecular formula is C39H49FN10O3. The Labute approximate surface area is 308 Å². The molecule has 6 heterocycles. The molecule has 0 bridgehead atoms. The number of aromatic amines is 1. The predicted molar refractivity (Wildman–Crippen MR) is 199 cm³/mol. The zero-order chi connectivity index (χ0) is 36.6. The Bertz CT molecular complexity index is 1990. The molecule has 280 valence electrons. The average molecular weight is 725 g/mol. The first kappa shape index (κ1) is 35.2. The molecule has 53 heavy (non-hydrogen) atoms. The number of likely N-dealkylation sites (tertiary alicyclic amines) is 3. The number of aryl methyl sites for hydroxylation is 2. The Balaban J connectivity index is 0.909. The SMILES string of the molecule is Cc1cc(CC(NC(=O)N2CCC(C3=Cc4ccc(F)cc4NC3O)CC2)C(=O)N2CCC(N3CCC(c4nncn4C)CC3)CC2)cc2cn[nH]c12. The van der Waals surface area contributed by atoms with E-state index in [1.807, 2.05) is 35.6 Å². The minimum atomic E-state index is -0.910. The van der Waals surface area contributed by atoms with Crippen LogP contribution in [0.15, 0.2) is 48.4 Å². The lowest BCUT2D eigenvalue weighted by Crippen LogP contribution is -2.56. The van der Waals surface area contributed by atoms with Crippen molar-refractivity contribution in [2.24, 2.45) is 13.0 Å². The van der Waals surface area contributed by atoms with Gasteiger partial charge in [0.1, 0.15) is 30.2 Å². The molecule has 4 aliphatic heterocycles. The van der Waals surface area contributed by atoms with E-state index in [1.54, 1.807) is 23.5 Å². The molecular weight excluding hydrogens is 675 g/mol. The molecule has 3 amide bonds. The third-order valence-corrected chi connectivity index (χ3v) is 12.0. The summed E-state index contributed by atoms with van der Waals surface area (Å²) in [5.41, 5.74) is 5.24. The summed E-state index contributed by atoms with van der Waals surface area (Å²) in [6.45, 7) is 6.36. The number of nitrogens with zero attached hydrogens (tertiary/aromatic N) is 7. The second kappa shape index (κ2) is 14.9. The number of rotatable bonds is 7. The van der Waals surface area contributed by atoms with E-state index in [0.717, 1.165) is 77.8 Å². The lowest BCUT2D eigenvalue weighted by atomic mass is 9.85. The highest BCUT2D eigenvalue weighted by Crippen LogP contribution is 2.35. The van der Waals surface area contributed by atoms with E-state index in [9.17, 15) is 19.1 Å². The lowest BCUT2D eigenvalue weighted by molar-refractivity contribution is -0.135. The summed E-state index contributed by atoms with van der Waals surface area (Å²) < 4.78 is 15.8. The third kappa shape index (κ3) is 7.39. The summed E-state index contributed by atoms with van der Waals surface area (Å²) in [6, 6.07) is 8.10. The fourth-order valence-electron chi connectivity index (χ4n) is 8.99. The minimum Gasteiger partial charge on any atom is -0.370 e. The van der Waals surface area contributed by atoms with Gasteiger partial charge in [-0.2, -0.15) is 5.10 Å². The van der Waals surface area contributed by atoms with Crippen molar-refractivity contribution in [1.82, 2.24) is 45.0 Å². The molecule has 8 rings (SSSR count). The Hall–Kier alpha value is -4.82. The highest BCUT2D eigenvalue weighted by Gasteiger charge is 2.36. The number of amides is 3. The standard InChI is InChI=1S/C39H49FN10O3/c1-24-17-25(18-29-22-41-45-35(24)29)19-34(38(52)49-15-9-31(10-16-49)48-11-7-27(8-12-48)36-46-42-23-47(36)2)44-39(53)50-13-5-26(6-14-50)32-20-28-3-4-30(40)21-33(28)43-37(32)51/h3-4,17-18,20-23,26-27,31,34,37,43,51H,5-16,19H2,1-2H3,(H,41,45)(H,44,53). The molecule has 2 aromatic carbocycles.